The molecule has 1 heterocycles. The predicted molar refractivity (Wildman–Crippen MR) is 97.7 cm³/mol. The molecule has 0 radical (unpaired) electrons. The Kier molecular flexibility index (Phi) is 5.74. The van der Waals surface area contributed by atoms with Crippen LogP contribution in [0.3, 0.4) is 0 Å². The van der Waals surface area contributed by atoms with Crippen LogP contribution in [0.15, 0.2) is 21.2 Å². The topological polar surface area (TPSA) is 65.1 Å². The molecule has 5 nitrogen and oxygen atoms in total. The lowest BCUT2D eigenvalue weighted by molar-refractivity contribution is 0.415. The average Bonchev–Trinajstić information content (AvgIpc) is 2.82. The van der Waals surface area contributed by atoms with E-state index in [4.69, 9.17) is 10.5 Å². The number of ether oxygens (including phenoxy) is 1. The summed E-state index contributed by atoms with van der Waals surface area (Å²) in [5.74, 6) is 0.744. The number of hydrogen-bond donors (Lipinski definition) is 2. The van der Waals surface area contributed by atoms with Gasteiger partial charge in [-0.15, -0.1) is 0 Å². The number of rotatable bonds is 6. The highest BCUT2D eigenvalue weighted by molar-refractivity contribution is 9.11. The van der Waals surface area contributed by atoms with E-state index in [1.807, 2.05) is 17.7 Å². The summed E-state index contributed by atoms with van der Waals surface area (Å²) in [6.45, 7) is 5.59. The Morgan fingerprint density at radius 2 is 2.14 bits per heavy atom. The van der Waals surface area contributed by atoms with Gasteiger partial charge < -0.3 is 15.8 Å². The zero-order chi connectivity index (χ0) is 16.3. The van der Waals surface area contributed by atoms with Gasteiger partial charge in [-0.25, -0.2) is 0 Å². The quantitative estimate of drug-likeness (QED) is 0.673. The Bertz CT molecular complexity index is 670. The van der Waals surface area contributed by atoms with E-state index in [-0.39, 0.29) is 0 Å². The minimum Gasteiger partial charge on any atom is -0.494 e. The third-order valence-corrected chi connectivity index (χ3v) is 5.19. The number of hydrogen-bond acceptors (Lipinski definition) is 4. The second-order valence-corrected chi connectivity index (χ2v) is 6.65. The highest BCUT2D eigenvalue weighted by atomic mass is 79.9. The first-order valence-electron chi connectivity index (χ1n) is 7.06. The number of anilines is 2. The number of nitrogens with two attached hydrogens (primary N) is 1. The molecule has 0 aliphatic heterocycles. The molecule has 2 rings (SSSR count). The molecular weight excluding hydrogens is 412 g/mol. The third-order valence-electron chi connectivity index (χ3n) is 3.47. The van der Waals surface area contributed by atoms with Crippen molar-refractivity contribution in [1.82, 2.24) is 9.78 Å². The van der Waals surface area contributed by atoms with Crippen LogP contribution in [-0.4, -0.2) is 23.4 Å². The maximum atomic E-state index is 6.27. The normalized spacial score (nSPS) is 10.8. The maximum Gasteiger partial charge on any atom is 0.144 e. The second-order valence-electron chi connectivity index (χ2n) is 5.00. The molecule has 0 saturated heterocycles. The Morgan fingerprint density at radius 1 is 1.41 bits per heavy atom. The first-order valence-corrected chi connectivity index (χ1v) is 8.64. The van der Waals surface area contributed by atoms with Gasteiger partial charge in [-0.1, -0.05) is 6.92 Å². The highest BCUT2D eigenvalue weighted by Crippen LogP contribution is 2.39. The van der Waals surface area contributed by atoms with Crippen LogP contribution in [0.4, 0.5) is 11.4 Å². The Morgan fingerprint density at radius 3 is 2.68 bits per heavy atom. The fourth-order valence-electron chi connectivity index (χ4n) is 2.16. The molecule has 0 unspecified atom stereocenters. The van der Waals surface area contributed by atoms with Crippen LogP contribution >= 0.6 is 31.9 Å². The smallest absolute Gasteiger partial charge is 0.144 e. The van der Waals surface area contributed by atoms with Crippen LogP contribution in [0.1, 0.15) is 24.6 Å². The van der Waals surface area contributed by atoms with Gasteiger partial charge in [0.25, 0.3) is 0 Å². The lowest BCUT2D eigenvalue weighted by Crippen LogP contribution is -2.09. The number of methoxy groups -OCH3 is 1. The molecule has 3 N–H and O–H groups in total. The highest BCUT2D eigenvalue weighted by Gasteiger charge is 2.16. The molecule has 1 aromatic carbocycles. The summed E-state index contributed by atoms with van der Waals surface area (Å²) in [7, 11) is 1.65. The molecule has 0 amide bonds. The largest absolute Gasteiger partial charge is 0.494 e. The summed E-state index contributed by atoms with van der Waals surface area (Å²) in [6, 6.07) is 1.99. The lowest BCUT2D eigenvalue weighted by atomic mass is 10.1. The van der Waals surface area contributed by atoms with Crippen molar-refractivity contribution in [2.45, 2.75) is 26.8 Å². The van der Waals surface area contributed by atoms with Crippen molar-refractivity contribution in [1.29, 1.82) is 0 Å². The van der Waals surface area contributed by atoms with E-state index in [2.05, 4.69) is 49.2 Å². The molecule has 120 valence electrons. The van der Waals surface area contributed by atoms with Gasteiger partial charge in [0.1, 0.15) is 11.4 Å². The Hall–Kier alpha value is -1.21. The molecule has 7 heteroatoms. The monoisotopic (exact) mass is 430 g/mol. The summed E-state index contributed by atoms with van der Waals surface area (Å²) in [5.41, 5.74) is 9.85. The number of nitrogens with zero attached hydrogens (tertiary/aromatic N) is 2. The Balaban J connectivity index is 2.40. The molecule has 0 saturated carbocycles. The van der Waals surface area contributed by atoms with E-state index in [1.165, 1.54) is 0 Å². The predicted octanol–water partition coefficient (Wildman–Crippen LogP) is 4.18. The van der Waals surface area contributed by atoms with Crippen molar-refractivity contribution >= 4 is 43.2 Å². The summed E-state index contributed by atoms with van der Waals surface area (Å²) in [6.07, 6.45) is 2.81. The van der Waals surface area contributed by atoms with E-state index in [9.17, 15) is 0 Å². The molecule has 1 aromatic heterocycles. The number of halogens is 2. The van der Waals surface area contributed by atoms with Crippen LogP contribution in [0.5, 0.6) is 5.75 Å². The molecular formula is C15H20Br2N4O. The van der Waals surface area contributed by atoms with Gasteiger partial charge in [-0.3, -0.25) is 4.68 Å². The summed E-state index contributed by atoms with van der Waals surface area (Å²) in [4.78, 5) is 0. The van der Waals surface area contributed by atoms with E-state index < -0.39 is 0 Å². The van der Waals surface area contributed by atoms with Gasteiger partial charge in [0.15, 0.2) is 0 Å². The minimum absolute atomic E-state index is 0.618. The van der Waals surface area contributed by atoms with Crippen molar-refractivity contribution < 1.29 is 4.74 Å². The van der Waals surface area contributed by atoms with Crippen molar-refractivity contribution in [3.8, 4) is 5.75 Å². The lowest BCUT2D eigenvalue weighted by Gasteiger charge is -2.18. The summed E-state index contributed by atoms with van der Waals surface area (Å²) < 4.78 is 9.27. The zero-order valence-corrected chi connectivity index (χ0v) is 16.1. The van der Waals surface area contributed by atoms with Gasteiger partial charge in [-0.05, 0) is 56.8 Å². The first kappa shape index (κ1) is 17.1. The second kappa shape index (κ2) is 7.37. The van der Waals surface area contributed by atoms with E-state index in [0.29, 0.717) is 12.2 Å². The standard InChI is InChI=1S/C15H20Br2N4O/c1-4-5-19-15-12(22-3)6-10(13(17)14(15)18)8-21-9(2)11(16)7-20-21/h6-7,19H,4-5,8,18H2,1-3H3. The Labute approximate surface area is 147 Å². The van der Waals surface area contributed by atoms with Gasteiger partial charge in [0, 0.05) is 16.7 Å². The van der Waals surface area contributed by atoms with Gasteiger partial charge in [0.05, 0.1) is 30.0 Å². The summed E-state index contributed by atoms with van der Waals surface area (Å²) in [5, 5.41) is 7.68. The minimum atomic E-state index is 0.618. The molecule has 0 fully saturated rings. The van der Waals surface area contributed by atoms with Crippen LogP contribution in [0, 0.1) is 6.92 Å². The van der Waals surface area contributed by atoms with E-state index in [1.54, 1.807) is 13.3 Å². The number of aromatic nitrogens is 2. The fourth-order valence-corrected chi connectivity index (χ4v) is 2.90. The molecule has 0 spiro atoms. The van der Waals surface area contributed by atoms with Gasteiger partial charge in [0.2, 0.25) is 0 Å². The van der Waals surface area contributed by atoms with Gasteiger partial charge in [-0.2, -0.15) is 5.10 Å². The number of nitrogen functional groups attached to an aromatic ring is 1. The molecule has 0 atom stereocenters. The van der Waals surface area contributed by atoms with Crippen LogP contribution in [0.2, 0.25) is 0 Å². The molecule has 2 aromatic rings. The molecule has 0 bridgehead atoms. The van der Waals surface area contributed by atoms with Gasteiger partial charge >= 0.3 is 0 Å². The zero-order valence-electron chi connectivity index (χ0n) is 12.9. The molecule has 0 aliphatic carbocycles. The van der Waals surface area contributed by atoms with Crippen molar-refractivity contribution in [2.24, 2.45) is 0 Å². The SMILES string of the molecule is CCCNc1c(OC)cc(Cn2ncc(Br)c2C)c(Br)c1N. The van der Waals surface area contributed by atoms with Crippen LogP contribution in [-0.2, 0) is 6.54 Å². The third kappa shape index (κ3) is 3.41. The maximum absolute atomic E-state index is 6.27. The first-order chi connectivity index (χ1) is 10.5. The number of benzene rings is 1. The van der Waals surface area contributed by atoms with Crippen molar-refractivity contribution in [3.05, 3.63) is 32.5 Å². The fraction of sp³-hybridized carbons (Fsp3) is 0.400. The van der Waals surface area contributed by atoms with Crippen molar-refractivity contribution in [2.75, 3.05) is 24.7 Å². The molecule has 0 aliphatic rings. The average molecular weight is 432 g/mol. The summed E-state index contributed by atoms with van der Waals surface area (Å²) >= 11 is 7.08. The number of nitrogens with one attached hydrogen (secondary N) is 1. The molecule has 22 heavy (non-hydrogen) atoms. The van der Waals surface area contributed by atoms with Crippen molar-refractivity contribution in [3.63, 3.8) is 0 Å². The van der Waals surface area contributed by atoms with Crippen LogP contribution in [0.25, 0.3) is 0 Å². The van der Waals surface area contributed by atoms with E-state index in [0.717, 1.165) is 44.6 Å². The van der Waals surface area contributed by atoms with Crippen LogP contribution < -0.4 is 15.8 Å². The van der Waals surface area contributed by atoms with E-state index >= 15 is 0 Å².